The van der Waals surface area contributed by atoms with E-state index in [-0.39, 0.29) is 17.5 Å². The summed E-state index contributed by atoms with van der Waals surface area (Å²) in [6.07, 6.45) is 0. The number of aromatic nitrogens is 1. The van der Waals surface area contributed by atoms with Crippen LogP contribution in [0.2, 0.25) is 0 Å². The fourth-order valence-corrected chi connectivity index (χ4v) is 4.17. The number of nitrogens with zero attached hydrogens (tertiary/aromatic N) is 2. The number of hydrazine groups is 1. The van der Waals surface area contributed by atoms with Crippen LogP contribution in [-0.4, -0.2) is 55.1 Å². The lowest BCUT2D eigenvalue weighted by atomic mass is 10.0. The average molecular weight is 438 g/mol. The minimum Gasteiger partial charge on any atom is -0.378 e. The SMILES string of the molecule is CC(C)C(NC(=O)c1cccs1)C(=O)NNC(=O)c1csc(N2CCOCC2)n1. The summed E-state index contributed by atoms with van der Waals surface area (Å²) in [4.78, 5) is 44.0. The Bertz CT molecular complexity index is 846. The van der Waals surface area contributed by atoms with E-state index in [9.17, 15) is 14.4 Å². The molecule has 3 heterocycles. The summed E-state index contributed by atoms with van der Waals surface area (Å²) in [5.41, 5.74) is 4.98. The molecule has 1 atom stereocenters. The summed E-state index contributed by atoms with van der Waals surface area (Å²) in [6, 6.07) is 2.67. The number of thiazole rings is 1. The number of nitrogens with one attached hydrogen (secondary N) is 3. The molecule has 29 heavy (non-hydrogen) atoms. The first kappa shape index (κ1) is 21.2. The van der Waals surface area contributed by atoms with Gasteiger partial charge in [-0.25, -0.2) is 4.98 Å². The molecule has 1 aliphatic rings. The average Bonchev–Trinajstić information content (AvgIpc) is 3.42. The van der Waals surface area contributed by atoms with Gasteiger partial charge in [-0.2, -0.15) is 0 Å². The summed E-state index contributed by atoms with van der Waals surface area (Å²) in [6.45, 7) is 6.35. The predicted octanol–water partition coefficient (Wildman–Crippen LogP) is 1.26. The van der Waals surface area contributed by atoms with Gasteiger partial charge in [0.2, 0.25) is 0 Å². The van der Waals surface area contributed by atoms with E-state index in [4.69, 9.17) is 4.74 Å². The smallest absolute Gasteiger partial charge is 0.289 e. The van der Waals surface area contributed by atoms with Crippen LogP contribution in [0.3, 0.4) is 0 Å². The van der Waals surface area contributed by atoms with Crippen molar-refractivity contribution in [3.63, 3.8) is 0 Å². The number of hydrogen-bond acceptors (Lipinski definition) is 8. The molecular formula is C18H23N5O4S2. The predicted molar refractivity (Wildman–Crippen MR) is 111 cm³/mol. The van der Waals surface area contributed by atoms with Gasteiger partial charge >= 0.3 is 0 Å². The second-order valence-corrected chi connectivity index (χ2v) is 8.51. The molecule has 0 aromatic carbocycles. The van der Waals surface area contributed by atoms with Crippen molar-refractivity contribution in [3.8, 4) is 0 Å². The molecule has 1 unspecified atom stereocenters. The molecule has 0 bridgehead atoms. The maximum Gasteiger partial charge on any atom is 0.289 e. The first-order valence-corrected chi connectivity index (χ1v) is 10.9. The van der Waals surface area contributed by atoms with Crippen LogP contribution in [0.25, 0.3) is 0 Å². The molecular weight excluding hydrogens is 414 g/mol. The van der Waals surface area contributed by atoms with Crippen molar-refractivity contribution < 1.29 is 19.1 Å². The first-order valence-electron chi connectivity index (χ1n) is 9.18. The van der Waals surface area contributed by atoms with E-state index in [1.807, 2.05) is 13.8 Å². The van der Waals surface area contributed by atoms with E-state index in [1.54, 1.807) is 22.9 Å². The van der Waals surface area contributed by atoms with E-state index >= 15 is 0 Å². The molecule has 2 aromatic rings. The molecule has 0 radical (unpaired) electrons. The number of carbonyl (C=O) groups excluding carboxylic acids is 3. The second kappa shape index (κ2) is 9.81. The largest absolute Gasteiger partial charge is 0.378 e. The molecule has 156 valence electrons. The van der Waals surface area contributed by atoms with Gasteiger partial charge < -0.3 is 15.0 Å². The third-order valence-corrected chi connectivity index (χ3v) is 6.06. The van der Waals surface area contributed by atoms with Crippen molar-refractivity contribution >= 4 is 45.5 Å². The Balaban J connectivity index is 1.54. The Morgan fingerprint density at radius 3 is 2.55 bits per heavy atom. The lowest BCUT2D eigenvalue weighted by Crippen LogP contribution is -2.54. The van der Waals surface area contributed by atoms with Crippen LogP contribution in [0.4, 0.5) is 5.13 Å². The third kappa shape index (κ3) is 5.52. The topological polar surface area (TPSA) is 113 Å². The van der Waals surface area contributed by atoms with Gasteiger partial charge in [-0.1, -0.05) is 19.9 Å². The van der Waals surface area contributed by atoms with Gasteiger partial charge in [-0.3, -0.25) is 25.2 Å². The zero-order chi connectivity index (χ0) is 20.8. The van der Waals surface area contributed by atoms with E-state index < -0.39 is 17.9 Å². The van der Waals surface area contributed by atoms with Crippen LogP contribution in [0.5, 0.6) is 0 Å². The van der Waals surface area contributed by atoms with Gasteiger partial charge in [0.05, 0.1) is 18.1 Å². The van der Waals surface area contributed by atoms with Crippen molar-refractivity contribution in [1.29, 1.82) is 0 Å². The minimum atomic E-state index is -0.788. The van der Waals surface area contributed by atoms with Gasteiger partial charge in [-0.15, -0.1) is 22.7 Å². The highest BCUT2D eigenvalue weighted by Gasteiger charge is 2.26. The highest BCUT2D eigenvalue weighted by Crippen LogP contribution is 2.21. The Labute approximate surface area is 176 Å². The molecule has 9 nitrogen and oxygen atoms in total. The van der Waals surface area contributed by atoms with E-state index in [0.29, 0.717) is 18.1 Å². The monoisotopic (exact) mass is 437 g/mol. The fourth-order valence-electron chi connectivity index (χ4n) is 2.68. The van der Waals surface area contributed by atoms with Crippen LogP contribution in [0, 0.1) is 5.92 Å². The van der Waals surface area contributed by atoms with Crippen LogP contribution in [0.1, 0.15) is 34.0 Å². The Kier molecular flexibility index (Phi) is 7.18. The molecule has 2 aromatic heterocycles. The van der Waals surface area contributed by atoms with Gasteiger partial charge in [0.25, 0.3) is 17.7 Å². The molecule has 0 spiro atoms. The van der Waals surface area contributed by atoms with E-state index in [0.717, 1.165) is 18.2 Å². The Morgan fingerprint density at radius 1 is 1.14 bits per heavy atom. The number of hydrogen-bond donors (Lipinski definition) is 3. The molecule has 11 heteroatoms. The van der Waals surface area contributed by atoms with Gasteiger partial charge in [0.1, 0.15) is 11.7 Å². The summed E-state index contributed by atoms with van der Waals surface area (Å²) in [5.74, 6) is -1.50. The number of ether oxygens (including phenoxy) is 1. The number of anilines is 1. The third-order valence-electron chi connectivity index (χ3n) is 4.29. The summed E-state index contributed by atoms with van der Waals surface area (Å²) in [5, 5.41) is 6.88. The molecule has 0 saturated carbocycles. The number of rotatable bonds is 6. The lowest BCUT2D eigenvalue weighted by Gasteiger charge is -2.25. The van der Waals surface area contributed by atoms with Crippen LogP contribution < -0.4 is 21.1 Å². The number of amides is 3. The van der Waals surface area contributed by atoms with Crippen LogP contribution in [0.15, 0.2) is 22.9 Å². The maximum absolute atomic E-state index is 12.5. The normalized spacial score (nSPS) is 15.1. The van der Waals surface area contributed by atoms with Crippen LogP contribution in [-0.2, 0) is 9.53 Å². The standard InChI is InChI=1S/C18H23N5O4S2/c1-11(2)14(20-16(25)13-4-3-9-28-13)17(26)22-21-15(24)12-10-29-18(19-12)23-5-7-27-8-6-23/h3-4,9-11,14H,5-8H2,1-2H3,(H,20,25)(H,21,24)(H,22,26). The van der Waals surface area contributed by atoms with Gasteiger partial charge in [0.15, 0.2) is 5.13 Å². The van der Waals surface area contributed by atoms with Crippen molar-refractivity contribution in [2.45, 2.75) is 19.9 Å². The van der Waals surface area contributed by atoms with E-state index in [1.165, 1.54) is 22.7 Å². The highest BCUT2D eigenvalue weighted by atomic mass is 32.1. The van der Waals surface area contributed by atoms with E-state index in [2.05, 4.69) is 26.1 Å². The Hall–Kier alpha value is -2.50. The first-order chi connectivity index (χ1) is 14.0. The van der Waals surface area contributed by atoms with Crippen molar-refractivity contribution in [1.82, 2.24) is 21.2 Å². The quantitative estimate of drug-likeness (QED) is 0.587. The molecule has 1 saturated heterocycles. The molecule has 1 aliphatic heterocycles. The Morgan fingerprint density at radius 2 is 1.90 bits per heavy atom. The zero-order valence-corrected chi connectivity index (χ0v) is 17.8. The molecule has 3 rings (SSSR count). The van der Waals surface area contributed by atoms with Gasteiger partial charge in [0, 0.05) is 18.5 Å². The second-order valence-electron chi connectivity index (χ2n) is 6.73. The number of carbonyl (C=O) groups is 3. The lowest BCUT2D eigenvalue weighted by molar-refractivity contribution is -0.124. The molecule has 3 N–H and O–H groups in total. The summed E-state index contributed by atoms with van der Waals surface area (Å²) in [7, 11) is 0. The molecule has 3 amide bonds. The molecule has 1 fully saturated rings. The fraction of sp³-hybridized carbons (Fsp3) is 0.444. The summed E-state index contributed by atoms with van der Waals surface area (Å²) >= 11 is 2.66. The molecule has 0 aliphatic carbocycles. The van der Waals surface area contributed by atoms with Gasteiger partial charge in [-0.05, 0) is 17.4 Å². The van der Waals surface area contributed by atoms with Crippen molar-refractivity contribution in [3.05, 3.63) is 33.5 Å². The maximum atomic E-state index is 12.5. The highest BCUT2D eigenvalue weighted by molar-refractivity contribution is 7.14. The van der Waals surface area contributed by atoms with Crippen molar-refractivity contribution in [2.75, 3.05) is 31.2 Å². The van der Waals surface area contributed by atoms with Crippen molar-refractivity contribution in [2.24, 2.45) is 5.92 Å². The minimum absolute atomic E-state index is 0.164. The zero-order valence-electron chi connectivity index (χ0n) is 16.1. The summed E-state index contributed by atoms with van der Waals surface area (Å²) < 4.78 is 5.31. The number of thiophene rings is 1. The van der Waals surface area contributed by atoms with Crippen LogP contribution >= 0.6 is 22.7 Å². The number of morpholine rings is 1.